The highest BCUT2D eigenvalue weighted by molar-refractivity contribution is 6.30. The van der Waals surface area contributed by atoms with Crippen molar-refractivity contribution in [1.29, 1.82) is 0 Å². The van der Waals surface area contributed by atoms with Crippen LogP contribution >= 0.6 is 0 Å². The summed E-state index contributed by atoms with van der Waals surface area (Å²) in [5, 5.41) is 75.3. The molecule has 318 valence electrons. The highest BCUT2D eigenvalue weighted by Gasteiger charge is 2.55. The second kappa shape index (κ2) is 18.2. The van der Waals surface area contributed by atoms with E-state index in [1.165, 1.54) is 26.3 Å². The minimum Gasteiger partial charge on any atom is -0.507 e. The lowest BCUT2D eigenvalue weighted by molar-refractivity contribution is -0.314. The fraction of sp³-hybridized carbons (Fsp3) is 0.439. The van der Waals surface area contributed by atoms with Crippen molar-refractivity contribution in [3.63, 3.8) is 0 Å². The minimum absolute atomic E-state index is 0.0580. The van der Waals surface area contributed by atoms with Crippen LogP contribution in [0.4, 0.5) is 0 Å². The molecule has 0 bridgehead atoms. The lowest BCUT2D eigenvalue weighted by Gasteiger charge is -2.48. The van der Waals surface area contributed by atoms with Gasteiger partial charge < -0.3 is 78.0 Å². The van der Waals surface area contributed by atoms with E-state index in [1.807, 2.05) is 12.2 Å². The highest BCUT2D eigenvalue weighted by Crippen LogP contribution is 2.44. The summed E-state index contributed by atoms with van der Waals surface area (Å²) >= 11 is 0. The number of nitrogens with zero attached hydrogens (tertiary/aromatic N) is 1. The fourth-order valence-electron chi connectivity index (χ4n) is 7.91. The molecule has 18 nitrogen and oxygen atoms in total. The van der Waals surface area contributed by atoms with Crippen LogP contribution in [0, 0.1) is 5.92 Å². The number of aliphatic hydroxyl groups is 5. The van der Waals surface area contributed by atoms with Crippen LogP contribution < -0.4 is 42.6 Å². The number of phenols is 1. The number of rotatable bonds is 15. The summed E-state index contributed by atoms with van der Waals surface area (Å²) in [5.41, 5.74) is 17.3. The Morgan fingerprint density at radius 1 is 1.15 bits per heavy atom. The maximum atomic E-state index is 14.6. The normalized spacial score (nSPS) is 25.7. The molecule has 0 spiro atoms. The smallest absolute Gasteiger partial charge is 0.229 e. The third-order valence-corrected chi connectivity index (χ3v) is 11.2. The third-order valence-electron chi connectivity index (χ3n) is 11.2. The van der Waals surface area contributed by atoms with E-state index in [2.05, 4.69) is 20.9 Å². The zero-order valence-electron chi connectivity index (χ0n) is 32.9. The number of hydrogen-bond acceptors (Lipinski definition) is 16. The van der Waals surface area contributed by atoms with Gasteiger partial charge in [-0.25, -0.2) is 0 Å². The maximum absolute atomic E-state index is 14.6. The van der Waals surface area contributed by atoms with Crippen LogP contribution in [-0.2, 0) is 17.7 Å². The predicted molar refractivity (Wildman–Crippen MR) is 215 cm³/mol. The first kappa shape index (κ1) is 43.1. The summed E-state index contributed by atoms with van der Waals surface area (Å²) in [6.45, 7) is -0.453. The molecular weight excluding hydrogens is 766 g/mol. The summed E-state index contributed by atoms with van der Waals surface area (Å²) in [4.78, 5) is 33.1. The number of ether oxygens (including phenoxy) is 3. The number of dihydropyridines is 2. The standard InChI is InChI=1S/C41H53N7O11/c1-45-40(44)48-18-27-23(13-21(4-3-11-49)22-5-6-30(42)47-17-22)14-25-33(35(27)52)36(53)32-26(34(25)51)15-24(57-2)16-28(32)58-39-37(54)38(55)41(56,29(19-50)59-39)9-7-20-8-10-46-31(43)12-20/h5-6,8,12,14-17,21,29-30,37-39,46-47,49-50,52,54-56H,3-4,7,9-11,13,18-19,42-43H2,1-2H3,(H3,44,45,48). The number of aromatic hydroxyl groups is 1. The first-order valence-electron chi connectivity index (χ1n) is 19.3. The van der Waals surface area contributed by atoms with Gasteiger partial charge in [0, 0.05) is 55.7 Å². The van der Waals surface area contributed by atoms with E-state index in [1.54, 1.807) is 24.4 Å². The van der Waals surface area contributed by atoms with Gasteiger partial charge in [-0.15, -0.1) is 0 Å². The zero-order chi connectivity index (χ0) is 42.6. The number of carbonyl (C=O) groups is 2. The molecule has 59 heavy (non-hydrogen) atoms. The summed E-state index contributed by atoms with van der Waals surface area (Å²) in [5.74, 6) is -1.85. The molecule has 18 heteroatoms. The monoisotopic (exact) mass is 819 g/mol. The number of ketones is 2. The van der Waals surface area contributed by atoms with Crippen molar-refractivity contribution in [2.75, 3.05) is 33.9 Å². The Bertz CT molecular complexity index is 2100. The van der Waals surface area contributed by atoms with E-state index >= 15 is 0 Å². The van der Waals surface area contributed by atoms with Gasteiger partial charge in [-0.05, 0) is 79.0 Å². The number of nitrogens with two attached hydrogens (primary N) is 3. The number of aliphatic imine (C=N–C) groups is 1. The number of guanidine groups is 1. The van der Waals surface area contributed by atoms with Crippen molar-refractivity contribution in [2.24, 2.45) is 28.1 Å². The molecule has 0 saturated carbocycles. The minimum atomic E-state index is -2.13. The molecule has 3 heterocycles. The first-order valence-corrected chi connectivity index (χ1v) is 19.3. The topological polar surface area (TPSA) is 310 Å². The molecule has 0 amide bonds. The van der Waals surface area contributed by atoms with Crippen LogP contribution in [0.3, 0.4) is 0 Å². The molecule has 2 aromatic carbocycles. The van der Waals surface area contributed by atoms with Crippen molar-refractivity contribution >= 4 is 17.5 Å². The number of benzene rings is 2. The van der Waals surface area contributed by atoms with Gasteiger partial charge in [0.25, 0.3) is 0 Å². The fourth-order valence-corrected chi connectivity index (χ4v) is 7.91. The number of fused-ring (bicyclic) bond motifs is 2. The first-order chi connectivity index (χ1) is 28.2. The van der Waals surface area contributed by atoms with Crippen molar-refractivity contribution < 1.29 is 54.4 Å². The van der Waals surface area contributed by atoms with Crippen molar-refractivity contribution in [3.8, 4) is 17.2 Å². The third kappa shape index (κ3) is 8.79. The number of hydrogen-bond donors (Lipinski definition) is 12. The number of phenolic OH excluding ortho intramolecular Hbond substituents is 1. The molecule has 0 radical (unpaired) electrons. The quantitative estimate of drug-likeness (QED) is 0.0655. The van der Waals surface area contributed by atoms with Crippen molar-refractivity contribution in [2.45, 2.75) is 75.0 Å². The Kier molecular flexibility index (Phi) is 13.3. The number of aliphatic hydroxyl groups excluding tert-OH is 4. The van der Waals surface area contributed by atoms with Crippen LogP contribution in [0.15, 0.2) is 70.7 Å². The molecule has 2 aromatic rings. The summed E-state index contributed by atoms with van der Waals surface area (Å²) in [7, 11) is 2.82. The second-order valence-electron chi connectivity index (χ2n) is 14.9. The van der Waals surface area contributed by atoms with Gasteiger partial charge in [-0.3, -0.25) is 14.6 Å². The zero-order valence-corrected chi connectivity index (χ0v) is 32.9. The van der Waals surface area contributed by atoms with E-state index in [-0.39, 0.29) is 89.8 Å². The van der Waals surface area contributed by atoms with E-state index < -0.39 is 54.1 Å². The van der Waals surface area contributed by atoms with Gasteiger partial charge >= 0.3 is 0 Å². The summed E-state index contributed by atoms with van der Waals surface area (Å²) in [6, 6.07) is 4.20. The summed E-state index contributed by atoms with van der Waals surface area (Å²) < 4.78 is 17.4. The van der Waals surface area contributed by atoms with Gasteiger partial charge in [0.05, 0.1) is 36.8 Å². The number of nitrogens with one attached hydrogen (secondary N) is 3. The van der Waals surface area contributed by atoms with Crippen molar-refractivity contribution in [1.82, 2.24) is 16.0 Å². The van der Waals surface area contributed by atoms with Crippen LogP contribution in [0.25, 0.3) is 0 Å². The van der Waals surface area contributed by atoms with E-state index in [9.17, 15) is 40.2 Å². The van der Waals surface area contributed by atoms with E-state index in [0.717, 1.165) is 11.1 Å². The lowest BCUT2D eigenvalue weighted by atomic mass is 9.78. The molecule has 1 aliphatic carbocycles. The van der Waals surface area contributed by atoms with E-state index in [0.29, 0.717) is 30.8 Å². The molecule has 1 fully saturated rings. The molecule has 7 unspecified atom stereocenters. The Balaban J connectivity index is 1.36. The van der Waals surface area contributed by atoms with Crippen LogP contribution in [0.2, 0.25) is 0 Å². The molecule has 7 atom stereocenters. The maximum Gasteiger partial charge on any atom is 0.229 e. The average molecular weight is 820 g/mol. The van der Waals surface area contributed by atoms with Crippen molar-refractivity contribution in [3.05, 3.63) is 99.1 Å². The number of allylic oxidation sites excluding steroid dienone is 4. The Morgan fingerprint density at radius 2 is 1.92 bits per heavy atom. The lowest BCUT2D eigenvalue weighted by Crippen LogP contribution is -2.67. The Hall–Kier alpha value is -5.47. The van der Waals surface area contributed by atoms with Gasteiger partial charge in [0.15, 0.2) is 11.7 Å². The van der Waals surface area contributed by atoms with Gasteiger partial charge in [-0.1, -0.05) is 12.2 Å². The molecule has 4 aliphatic rings. The van der Waals surface area contributed by atoms with Gasteiger partial charge in [0.2, 0.25) is 12.1 Å². The van der Waals surface area contributed by atoms with Crippen LogP contribution in [-0.4, -0.2) is 118 Å². The molecule has 6 rings (SSSR count). The molecule has 15 N–H and O–H groups in total. The van der Waals surface area contributed by atoms with Crippen LogP contribution in [0.1, 0.15) is 68.7 Å². The Morgan fingerprint density at radius 3 is 2.58 bits per heavy atom. The second-order valence-corrected chi connectivity index (χ2v) is 14.9. The Labute approximate surface area is 340 Å². The molecule has 1 saturated heterocycles. The molecular formula is C41H53N7O11. The number of carbonyl (C=O) groups excluding carboxylic acids is 2. The SMILES string of the molecule is CN=C(N)NCc1c(CC(CCCO)C2=CNC(N)C=C2)cc2c(c1O)C(=O)c1c(OC3OC(CO)C(O)(CCC4=CCNC(N)=C4)C(O)C3O)cc(OC)cc1C2=O. The molecule has 3 aliphatic heterocycles. The number of methoxy groups -OCH3 is 1. The largest absolute Gasteiger partial charge is 0.507 e. The average Bonchev–Trinajstić information content (AvgIpc) is 3.23. The highest BCUT2D eigenvalue weighted by atomic mass is 16.7. The van der Waals surface area contributed by atoms with E-state index in [4.69, 9.17) is 31.4 Å². The van der Waals surface area contributed by atoms with Gasteiger partial charge in [0.1, 0.15) is 41.2 Å². The van der Waals surface area contributed by atoms with Gasteiger partial charge in [-0.2, -0.15) is 0 Å². The summed E-state index contributed by atoms with van der Waals surface area (Å²) in [6.07, 6.45) is 2.97. The predicted octanol–water partition coefficient (Wildman–Crippen LogP) is -0.872. The van der Waals surface area contributed by atoms with Crippen LogP contribution in [0.5, 0.6) is 17.2 Å². The molecule has 0 aromatic heterocycles.